The van der Waals surface area contributed by atoms with Crippen LogP contribution in [0.25, 0.3) is 0 Å². The molecule has 0 aliphatic carbocycles. The highest BCUT2D eigenvalue weighted by atomic mass is 32.1. The van der Waals surface area contributed by atoms with Gasteiger partial charge in [0.25, 0.3) is 0 Å². The van der Waals surface area contributed by atoms with Gasteiger partial charge in [0.15, 0.2) is 0 Å². The van der Waals surface area contributed by atoms with Gasteiger partial charge in [-0.15, -0.1) is 11.3 Å². The van der Waals surface area contributed by atoms with E-state index >= 15 is 0 Å². The molecule has 19 heavy (non-hydrogen) atoms. The lowest BCUT2D eigenvalue weighted by molar-refractivity contribution is 0.595. The van der Waals surface area contributed by atoms with Crippen molar-refractivity contribution in [1.82, 2.24) is 5.32 Å². The van der Waals surface area contributed by atoms with Gasteiger partial charge < -0.3 is 5.32 Å². The van der Waals surface area contributed by atoms with Crippen molar-refractivity contribution in [3.05, 3.63) is 56.8 Å². The van der Waals surface area contributed by atoms with Crippen LogP contribution in [-0.2, 0) is 0 Å². The molecule has 102 valence electrons. The van der Waals surface area contributed by atoms with Gasteiger partial charge in [-0.25, -0.2) is 0 Å². The number of hydrogen-bond donors (Lipinski definition) is 1. The molecule has 1 heterocycles. The van der Waals surface area contributed by atoms with Crippen molar-refractivity contribution in [1.29, 1.82) is 0 Å². The van der Waals surface area contributed by atoms with Gasteiger partial charge in [0.05, 0.1) is 6.04 Å². The second-order valence-electron chi connectivity index (χ2n) is 5.11. The van der Waals surface area contributed by atoms with Crippen LogP contribution in [0.5, 0.6) is 0 Å². The van der Waals surface area contributed by atoms with E-state index in [0.29, 0.717) is 6.04 Å². The van der Waals surface area contributed by atoms with Crippen LogP contribution in [0.3, 0.4) is 0 Å². The third-order valence-corrected chi connectivity index (χ3v) is 4.47. The first-order valence-electron chi connectivity index (χ1n) is 6.99. The first-order chi connectivity index (χ1) is 9.13. The maximum Gasteiger partial charge on any atom is 0.0590 e. The van der Waals surface area contributed by atoms with Crippen molar-refractivity contribution in [2.45, 2.75) is 40.2 Å². The lowest BCUT2D eigenvalue weighted by Crippen LogP contribution is -2.24. The molecular formula is C17H23NS. The van der Waals surface area contributed by atoms with E-state index < -0.39 is 0 Å². The Morgan fingerprint density at radius 1 is 1.11 bits per heavy atom. The molecule has 1 N–H and O–H groups in total. The smallest absolute Gasteiger partial charge is 0.0590 e. The minimum absolute atomic E-state index is 0.325. The SMILES string of the molecule is CCCNC(c1ccccc1C)c1cc(C)sc1C. The Kier molecular flexibility index (Phi) is 4.78. The second-order valence-corrected chi connectivity index (χ2v) is 6.57. The molecular weight excluding hydrogens is 250 g/mol. The van der Waals surface area contributed by atoms with Crippen LogP contribution in [-0.4, -0.2) is 6.54 Å². The van der Waals surface area contributed by atoms with Gasteiger partial charge in [-0.2, -0.15) is 0 Å². The predicted molar refractivity (Wildman–Crippen MR) is 85.1 cm³/mol. The first-order valence-corrected chi connectivity index (χ1v) is 7.81. The number of nitrogens with one attached hydrogen (secondary N) is 1. The van der Waals surface area contributed by atoms with Gasteiger partial charge in [0.2, 0.25) is 0 Å². The van der Waals surface area contributed by atoms with E-state index in [1.54, 1.807) is 0 Å². The molecule has 0 fully saturated rings. The van der Waals surface area contributed by atoms with Crippen molar-refractivity contribution in [3.8, 4) is 0 Å². The van der Waals surface area contributed by atoms with Crippen LogP contribution in [0.4, 0.5) is 0 Å². The molecule has 0 spiro atoms. The molecule has 0 saturated carbocycles. The summed E-state index contributed by atoms with van der Waals surface area (Å²) < 4.78 is 0. The summed E-state index contributed by atoms with van der Waals surface area (Å²) in [5.41, 5.74) is 4.20. The van der Waals surface area contributed by atoms with E-state index in [2.05, 4.69) is 63.3 Å². The maximum atomic E-state index is 3.70. The summed E-state index contributed by atoms with van der Waals surface area (Å²) in [4.78, 5) is 2.82. The Labute approximate surface area is 120 Å². The Balaban J connectivity index is 2.41. The van der Waals surface area contributed by atoms with Crippen LogP contribution in [0.1, 0.15) is 45.8 Å². The van der Waals surface area contributed by atoms with Crippen LogP contribution in [0.15, 0.2) is 30.3 Å². The summed E-state index contributed by atoms with van der Waals surface area (Å²) in [6.45, 7) is 9.88. The minimum Gasteiger partial charge on any atom is -0.306 e. The number of hydrogen-bond acceptors (Lipinski definition) is 2. The molecule has 0 radical (unpaired) electrons. The van der Waals surface area contributed by atoms with Gasteiger partial charge in [0, 0.05) is 9.75 Å². The zero-order valence-electron chi connectivity index (χ0n) is 12.3. The highest BCUT2D eigenvalue weighted by Gasteiger charge is 2.18. The summed E-state index contributed by atoms with van der Waals surface area (Å²) in [6.07, 6.45) is 1.16. The molecule has 0 amide bonds. The summed E-state index contributed by atoms with van der Waals surface area (Å²) in [7, 11) is 0. The Hall–Kier alpha value is -1.12. The van der Waals surface area contributed by atoms with Crippen molar-refractivity contribution >= 4 is 11.3 Å². The molecule has 0 saturated heterocycles. The number of benzene rings is 1. The molecule has 2 rings (SSSR count). The fourth-order valence-electron chi connectivity index (χ4n) is 2.52. The second kappa shape index (κ2) is 6.36. The molecule has 2 aromatic rings. The van der Waals surface area contributed by atoms with E-state index in [-0.39, 0.29) is 0 Å². The minimum atomic E-state index is 0.325. The average Bonchev–Trinajstić information content (AvgIpc) is 2.71. The van der Waals surface area contributed by atoms with Crippen LogP contribution in [0, 0.1) is 20.8 Å². The van der Waals surface area contributed by atoms with Crippen molar-refractivity contribution in [2.75, 3.05) is 6.54 Å². The van der Waals surface area contributed by atoms with Gasteiger partial charge in [-0.3, -0.25) is 0 Å². The highest BCUT2D eigenvalue weighted by molar-refractivity contribution is 7.12. The molecule has 1 aromatic carbocycles. The van der Waals surface area contributed by atoms with Crippen molar-refractivity contribution in [2.24, 2.45) is 0 Å². The molecule has 1 atom stereocenters. The maximum absolute atomic E-state index is 3.70. The summed E-state index contributed by atoms with van der Waals surface area (Å²) >= 11 is 1.89. The molecule has 2 heteroatoms. The van der Waals surface area contributed by atoms with Gasteiger partial charge >= 0.3 is 0 Å². The van der Waals surface area contributed by atoms with Crippen molar-refractivity contribution < 1.29 is 0 Å². The molecule has 0 bridgehead atoms. The van der Waals surface area contributed by atoms with Crippen molar-refractivity contribution in [3.63, 3.8) is 0 Å². The van der Waals surface area contributed by atoms with Gasteiger partial charge in [-0.05, 0) is 56.5 Å². The zero-order valence-corrected chi connectivity index (χ0v) is 13.1. The third-order valence-electron chi connectivity index (χ3n) is 3.49. The fourth-order valence-corrected chi connectivity index (χ4v) is 3.49. The molecule has 1 aromatic heterocycles. The molecule has 0 aliphatic rings. The van der Waals surface area contributed by atoms with Gasteiger partial charge in [-0.1, -0.05) is 31.2 Å². The van der Waals surface area contributed by atoms with Crippen LogP contribution in [0.2, 0.25) is 0 Å². The van der Waals surface area contributed by atoms with E-state index in [1.807, 2.05) is 11.3 Å². The quantitative estimate of drug-likeness (QED) is 0.828. The highest BCUT2D eigenvalue weighted by Crippen LogP contribution is 2.32. The first kappa shape index (κ1) is 14.3. The summed E-state index contributed by atoms with van der Waals surface area (Å²) in [6, 6.07) is 11.4. The number of rotatable bonds is 5. The zero-order chi connectivity index (χ0) is 13.8. The molecule has 0 aliphatic heterocycles. The summed E-state index contributed by atoms with van der Waals surface area (Å²) in [5.74, 6) is 0. The van der Waals surface area contributed by atoms with Gasteiger partial charge in [0.1, 0.15) is 0 Å². The molecule has 1 nitrogen and oxygen atoms in total. The Morgan fingerprint density at radius 3 is 2.42 bits per heavy atom. The number of thiophene rings is 1. The Bertz CT molecular complexity index is 542. The van der Waals surface area contributed by atoms with E-state index in [9.17, 15) is 0 Å². The third kappa shape index (κ3) is 3.26. The van der Waals surface area contributed by atoms with E-state index in [1.165, 1.54) is 26.4 Å². The normalized spacial score (nSPS) is 12.6. The largest absolute Gasteiger partial charge is 0.306 e. The lowest BCUT2D eigenvalue weighted by Gasteiger charge is -2.21. The van der Waals surface area contributed by atoms with Crippen LogP contribution < -0.4 is 5.32 Å². The average molecular weight is 273 g/mol. The number of aryl methyl sites for hydroxylation is 3. The molecule has 1 unspecified atom stereocenters. The van der Waals surface area contributed by atoms with Crippen LogP contribution >= 0.6 is 11.3 Å². The standard InChI is InChI=1S/C17H23NS/c1-5-10-18-17(15-9-7-6-8-12(15)2)16-11-13(3)19-14(16)4/h6-9,11,17-18H,5,10H2,1-4H3. The fraction of sp³-hybridized carbons (Fsp3) is 0.412. The topological polar surface area (TPSA) is 12.0 Å². The predicted octanol–water partition coefficient (Wildman–Crippen LogP) is 4.76. The monoisotopic (exact) mass is 273 g/mol. The van der Waals surface area contributed by atoms with E-state index in [0.717, 1.165) is 13.0 Å². The summed E-state index contributed by atoms with van der Waals surface area (Å²) in [5, 5.41) is 3.70. The van der Waals surface area contributed by atoms with E-state index in [4.69, 9.17) is 0 Å². The lowest BCUT2D eigenvalue weighted by atomic mass is 9.95. The Morgan fingerprint density at radius 2 is 1.84 bits per heavy atom.